The van der Waals surface area contributed by atoms with E-state index in [0.717, 1.165) is 36.5 Å². The molecule has 0 bridgehead atoms. The van der Waals surface area contributed by atoms with Gasteiger partial charge in [-0.25, -0.2) is 0 Å². The number of anilines is 2. The first-order valence-corrected chi connectivity index (χ1v) is 12.4. The van der Waals surface area contributed by atoms with Crippen LogP contribution in [-0.4, -0.2) is 61.5 Å². The van der Waals surface area contributed by atoms with Gasteiger partial charge in [-0.3, -0.25) is 24.3 Å². The third kappa shape index (κ3) is 3.70. The number of hydrogen-bond donors (Lipinski definition) is 0. The van der Waals surface area contributed by atoms with Crippen LogP contribution in [0.25, 0.3) is 0 Å². The van der Waals surface area contributed by atoms with Crippen molar-refractivity contribution >= 4 is 35.0 Å². The van der Waals surface area contributed by atoms with Crippen LogP contribution in [0.1, 0.15) is 25.8 Å². The quantitative estimate of drug-likeness (QED) is 0.649. The molecule has 2 atom stereocenters. The van der Waals surface area contributed by atoms with Gasteiger partial charge in [-0.15, -0.1) is 11.8 Å². The molecule has 2 amide bonds. The van der Waals surface area contributed by atoms with Crippen LogP contribution in [0.5, 0.6) is 5.75 Å². The second kappa shape index (κ2) is 9.00. The van der Waals surface area contributed by atoms with Gasteiger partial charge in [-0.1, -0.05) is 25.1 Å². The van der Waals surface area contributed by atoms with E-state index in [1.165, 1.54) is 11.8 Å². The minimum absolute atomic E-state index is 0.0568. The number of morpholine rings is 1. The van der Waals surface area contributed by atoms with Crippen LogP contribution >= 0.6 is 11.8 Å². The number of benzene rings is 2. The molecule has 3 aliphatic rings. The van der Waals surface area contributed by atoms with Crippen molar-refractivity contribution in [3.8, 4) is 5.75 Å². The van der Waals surface area contributed by atoms with E-state index in [4.69, 9.17) is 9.47 Å². The van der Waals surface area contributed by atoms with Crippen molar-refractivity contribution in [1.29, 1.82) is 0 Å². The molecular formula is C25H29N3O4S. The van der Waals surface area contributed by atoms with Crippen LogP contribution in [0.3, 0.4) is 0 Å². The topological polar surface area (TPSA) is 62.3 Å². The first kappa shape index (κ1) is 22.3. The van der Waals surface area contributed by atoms with Gasteiger partial charge in [0.25, 0.3) is 5.91 Å². The SMILES string of the molecule is CCCOc1ccc(N2C(=O)[C@H](C)S[C@@]23C(=O)N(CN2CCOCC2)c2ccccc23)cc1. The Morgan fingerprint density at radius 3 is 2.55 bits per heavy atom. The Hall–Kier alpha value is -2.55. The third-order valence-corrected chi connectivity index (χ3v) is 7.81. The second-order valence-corrected chi connectivity index (χ2v) is 10.1. The maximum atomic E-state index is 14.2. The molecule has 2 saturated heterocycles. The van der Waals surface area contributed by atoms with Gasteiger partial charge in [0.1, 0.15) is 5.75 Å². The van der Waals surface area contributed by atoms with E-state index < -0.39 is 4.87 Å². The molecular weight excluding hydrogens is 438 g/mol. The average molecular weight is 468 g/mol. The number of para-hydroxylation sites is 1. The molecule has 33 heavy (non-hydrogen) atoms. The summed E-state index contributed by atoms with van der Waals surface area (Å²) in [5.41, 5.74) is 2.45. The number of thioether (sulfide) groups is 1. The summed E-state index contributed by atoms with van der Waals surface area (Å²) in [6, 6.07) is 15.4. The number of fused-ring (bicyclic) bond motifs is 2. The minimum atomic E-state index is -1.11. The molecule has 0 aromatic heterocycles. The third-order valence-electron chi connectivity index (χ3n) is 6.34. The van der Waals surface area contributed by atoms with E-state index in [1.54, 1.807) is 4.90 Å². The number of carbonyl (C=O) groups is 2. The molecule has 2 aromatic rings. The highest BCUT2D eigenvalue weighted by atomic mass is 32.2. The lowest BCUT2D eigenvalue weighted by atomic mass is 10.0. The number of carbonyl (C=O) groups excluding carboxylic acids is 2. The zero-order valence-electron chi connectivity index (χ0n) is 19.0. The molecule has 5 rings (SSSR count). The molecule has 0 radical (unpaired) electrons. The van der Waals surface area contributed by atoms with Crippen LogP contribution in [0, 0.1) is 0 Å². The normalized spacial score (nSPS) is 25.2. The van der Waals surface area contributed by atoms with E-state index in [9.17, 15) is 9.59 Å². The Labute approximate surface area is 198 Å². The molecule has 2 fully saturated rings. The van der Waals surface area contributed by atoms with Gasteiger partial charge in [-0.05, 0) is 43.7 Å². The lowest BCUT2D eigenvalue weighted by Gasteiger charge is -2.35. The monoisotopic (exact) mass is 467 g/mol. The van der Waals surface area contributed by atoms with E-state index in [0.29, 0.717) is 32.2 Å². The summed E-state index contributed by atoms with van der Waals surface area (Å²) in [4.78, 5) is 32.3. The fraction of sp³-hybridized carbons (Fsp3) is 0.440. The molecule has 7 nitrogen and oxygen atoms in total. The Balaban J connectivity index is 1.54. The summed E-state index contributed by atoms with van der Waals surface area (Å²) in [6.07, 6.45) is 0.924. The molecule has 0 N–H and O–H groups in total. The fourth-order valence-electron chi connectivity index (χ4n) is 4.73. The van der Waals surface area contributed by atoms with Crippen molar-refractivity contribution < 1.29 is 19.1 Å². The maximum absolute atomic E-state index is 14.2. The van der Waals surface area contributed by atoms with Crippen molar-refractivity contribution in [3.05, 3.63) is 54.1 Å². The summed E-state index contributed by atoms with van der Waals surface area (Å²) in [5, 5.41) is -0.332. The largest absolute Gasteiger partial charge is 0.494 e. The molecule has 174 valence electrons. The summed E-state index contributed by atoms with van der Waals surface area (Å²) >= 11 is 1.43. The Kier molecular flexibility index (Phi) is 6.07. The smallest absolute Gasteiger partial charge is 0.269 e. The first-order chi connectivity index (χ1) is 16.1. The molecule has 0 aliphatic carbocycles. The first-order valence-electron chi connectivity index (χ1n) is 11.5. The van der Waals surface area contributed by atoms with Crippen molar-refractivity contribution in [3.63, 3.8) is 0 Å². The highest BCUT2D eigenvalue weighted by Crippen LogP contribution is 2.57. The summed E-state index contributed by atoms with van der Waals surface area (Å²) in [6.45, 7) is 7.96. The Morgan fingerprint density at radius 1 is 1.09 bits per heavy atom. The van der Waals surface area contributed by atoms with Gasteiger partial charge in [0.2, 0.25) is 10.8 Å². The van der Waals surface area contributed by atoms with Crippen LogP contribution in [0.4, 0.5) is 11.4 Å². The standard InChI is InChI=1S/C25H29N3O4S/c1-3-14-32-20-10-8-19(9-11-20)28-23(29)18(2)33-25(28)21-6-4-5-7-22(21)27(24(25)30)17-26-12-15-31-16-13-26/h4-11,18H,3,12-17H2,1-2H3/t18-,25-/m0/s1. The van der Waals surface area contributed by atoms with E-state index in [2.05, 4.69) is 11.8 Å². The zero-order chi connectivity index (χ0) is 23.0. The van der Waals surface area contributed by atoms with Crippen LogP contribution in [0.15, 0.2) is 48.5 Å². The highest BCUT2D eigenvalue weighted by Gasteiger charge is 2.63. The molecule has 1 spiro atoms. The van der Waals surface area contributed by atoms with Gasteiger partial charge in [0.05, 0.1) is 37.4 Å². The van der Waals surface area contributed by atoms with Gasteiger partial charge >= 0.3 is 0 Å². The number of rotatable bonds is 6. The molecule has 3 heterocycles. The van der Waals surface area contributed by atoms with Gasteiger partial charge < -0.3 is 9.47 Å². The number of ether oxygens (including phenoxy) is 2. The van der Waals surface area contributed by atoms with E-state index in [-0.39, 0.29) is 17.1 Å². The van der Waals surface area contributed by atoms with Crippen LogP contribution in [0.2, 0.25) is 0 Å². The maximum Gasteiger partial charge on any atom is 0.269 e. The van der Waals surface area contributed by atoms with Crippen molar-refractivity contribution in [1.82, 2.24) is 4.90 Å². The fourth-order valence-corrected chi connectivity index (χ4v) is 6.26. The molecule has 3 aliphatic heterocycles. The lowest BCUT2D eigenvalue weighted by Crippen LogP contribution is -2.52. The van der Waals surface area contributed by atoms with Crippen molar-refractivity contribution in [2.45, 2.75) is 30.4 Å². The Morgan fingerprint density at radius 2 is 1.82 bits per heavy atom. The number of hydrogen-bond acceptors (Lipinski definition) is 6. The highest BCUT2D eigenvalue weighted by molar-refractivity contribution is 8.03. The van der Waals surface area contributed by atoms with E-state index in [1.807, 2.05) is 60.4 Å². The molecule has 0 saturated carbocycles. The second-order valence-electron chi connectivity index (χ2n) is 8.54. The van der Waals surface area contributed by atoms with Gasteiger partial charge in [-0.2, -0.15) is 0 Å². The molecule has 0 unspecified atom stereocenters. The number of amides is 2. The average Bonchev–Trinajstić information content (AvgIpc) is 3.24. The van der Waals surface area contributed by atoms with E-state index >= 15 is 0 Å². The van der Waals surface area contributed by atoms with Gasteiger partial charge in [0.15, 0.2) is 0 Å². The lowest BCUT2D eigenvalue weighted by molar-refractivity contribution is -0.124. The van der Waals surface area contributed by atoms with Crippen molar-refractivity contribution in [2.75, 3.05) is 49.4 Å². The summed E-state index contributed by atoms with van der Waals surface area (Å²) in [7, 11) is 0. The minimum Gasteiger partial charge on any atom is -0.494 e. The molecule has 8 heteroatoms. The predicted octanol–water partition coefficient (Wildman–Crippen LogP) is 3.43. The Bertz CT molecular complexity index is 1040. The van der Waals surface area contributed by atoms with Crippen LogP contribution < -0.4 is 14.5 Å². The molecule has 2 aromatic carbocycles. The predicted molar refractivity (Wildman–Crippen MR) is 130 cm³/mol. The van der Waals surface area contributed by atoms with Gasteiger partial charge in [0, 0.05) is 24.3 Å². The summed E-state index contributed by atoms with van der Waals surface area (Å²) < 4.78 is 11.2. The number of nitrogens with zero attached hydrogens (tertiary/aromatic N) is 3. The zero-order valence-corrected chi connectivity index (χ0v) is 19.8. The van der Waals surface area contributed by atoms with Crippen LogP contribution in [-0.2, 0) is 19.2 Å². The summed E-state index contributed by atoms with van der Waals surface area (Å²) in [5.74, 6) is 0.636. The van der Waals surface area contributed by atoms with Crippen molar-refractivity contribution in [2.24, 2.45) is 0 Å².